The highest BCUT2D eigenvalue weighted by molar-refractivity contribution is 5.88. The van der Waals surface area contributed by atoms with Crippen LogP contribution in [-0.4, -0.2) is 18.5 Å². The van der Waals surface area contributed by atoms with Crippen molar-refractivity contribution in [1.82, 2.24) is 0 Å². The number of hydrogen-bond donors (Lipinski definition) is 0. The fourth-order valence-corrected chi connectivity index (χ4v) is 0.248. The van der Waals surface area contributed by atoms with E-state index in [9.17, 15) is 14.7 Å². The second kappa shape index (κ2) is 3.66. The fraction of sp³-hybridized carbons (Fsp3) is 0.333. The van der Waals surface area contributed by atoms with Crippen LogP contribution in [0.3, 0.4) is 0 Å². The molecule has 0 fully saturated rings. The molecule has 0 aromatic heterocycles. The van der Waals surface area contributed by atoms with Crippen LogP contribution in [-0.2, 0) is 14.3 Å². The standard InChI is InChI=1S/C6H8O4/c1-4(2)6(9)10-3-5(7)8/h1,3H2,2H3,(H,7,8)/p-1. The zero-order chi connectivity index (χ0) is 8.15. The van der Waals surface area contributed by atoms with Crippen molar-refractivity contribution in [3.05, 3.63) is 12.2 Å². The summed E-state index contributed by atoms with van der Waals surface area (Å²) in [5.74, 6) is -2.14. The molecule has 0 radical (unpaired) electrons. The van der Waals surface area contributed by atoms with Gasteiger partial charge in [0.05, 0.1) is 5.97 Å². The lowest BCUT2D eigenvalue weighted by Crippen LogP contribution is -2.28. The number of rotatable bonds is 3. The van der Waals surface area contributed by atoms with Gasteiger partial charge in [0.15, 0.2) is 0 Å². The van der Waals surface area contributed by atoms with Crippen LogP contribution < -0.4 is 5.11 Å². The maximum absolute atomic E-state index is 10.4. The number of ether oxygens (including phenoxy) is 1. The van der Waals surface area contributed by atoms with Crippen LogP contribution in [0.15, 0.2) is 12.2 Å². The molecule has 0 atom stereocenters. The van der Waals surface area contributed by atoms with Gasteiger partial charge in [-0.3, -0.25) is 0 Å². The van der Waals surface area contributed by atoms with Gasteiger partial charge in [-0.2, -0.15) is 0 Å². The number of carbonyl (C=O) groups excluding carboxylic acids is 2. The summed E-state index contributed by atoms with van der Waals surface area (Å²) in [6.45, 7) is 3.96. The number of esters is 1. The average Bonchev–Trinajstić information content (AvgIpc) is 1.82. The van der Waals surface area contributed by atoms with Gasteiger partial charge in [0.2, 0.25) is 0 Å². The molecule has 0 aliphatic carbocycles. The molecule has 0 aliphatic heterocycles. The molecule has 10 heavy (non-hydrogen) atoms. The molecule has 4 nitrogen and oxygen atoms in total. The van der Waals surface area contributed by atoms with Gasteiger partial charge in [-0.05, 0) is 6.92 Å². The Bertz CT molecular complexity index is 171. The van der Waals surface area contributed by atoms with Crippen molar-refractivity contribution >= 4 is 11.9 Å². The van der Waals surface area contributed by atoms with E-state index in [0.717, 1.165) is 0 Å². The first-order chi connectivity index (χ1) is 4.54. The van der Waals surface area contributed by atoms with Gasteiger partial charge >= 0.3 is 5.97 Å². The Hall–Kier alpha value is -1.32. The summed E-state index contributed by atoms with van der Waals surface area (Å²) in [6, 6.07) is 0. The van der Waals surface area contributed by atoms with E-state index in [1.54, 1.807) is 0 Å². The predicted molar refractivity (Wildman–Crippen MR) is 30.8 cm³/mol. The normalized spacial score (nSPS) is 8.50. The minimum Gasteiger partial charge on any atom is -0.546 e. The molecule has 0 bridgehead atoms. The minimum absolute atomic E-state index is 0.168. The highest BCUT2D eigenvalue weighted by Gasteiger charge is 2.00. The molecule has 0 saturated carbocycles. The van der Waals surface area contributed by atoms with Crippen molar-refractivity contribution in [2.75, 3.05) is 6.61 Å². The molecular formula is C6H7O4-. The Morgan fingerprint density at radius 3 is 2.40 bits per heavy atom. The SMILES string of the molecule is C=C(C)C(=O)OCC(=O)[O-]. The topological polar surface area (TPSA) is 66.4 Å². The van der Waals surface area contributed by atoms with Crippen molar-refractivity contribution in [2.24, 2.45) is 0 Å². The molecule has 0 unspecified atom stereocenters. The third-order valence-corrected chi connectivity index (χ3v) is 0.670. The van der Waals surface area contributed by atoms with Gasteiger partial charge in [0.1, 0.15) is 6.61 Å². The molecule has 56 valence electrons. The number of hydrogen-bond acceptors (Lipinski definition) is 4. The van der Waals surface area contributed by atoms with Crippen LogP contribution >= 0.6 is 0 Å². The average molecular weight is 143 g/mol. The highest BCUT2D eigenvalue weighted by Crippen LogP contribution is 1.89. The summed E-state index contributed by atoms with van der Waals surface area (Å²) >= 11 is 0. The third-order valence-electron chi connectivity index (χ3n) is 0.670. The molecule has 0 rings (SSSR count). The predicted octanol–water partition coefficient (Wildman–Crippen LogP) is -1.14. The first kappa shape index (κ1) is 8.68. The van der Waals surface area contributed by atoms with Gasteiger partial charge in [0, 0.05) is 5.57 Å². The quantitative estimate of drug-likeness (QED) is 0.370. The van der Waals surface area contributed by atoms with Gasteiger partial charge in [-0.25, -0.2) is 4.79 Å². The van der Waals surface area contributed by atoms with E-state index in [-0.39, 0.29) is 5.57 Å². The van der Waals surface area contributed by atoms with Crippen molar-refractivity contribution in [3.8, 4) is 0 Å². The van der Waals surface area contributed by atoms with Crippen LogP contribution in [0.4, 0.5) is 0 Å². The van der Waals surface area contributed by atoms with Crippen LogP contribution in [0.1, 0.15) is 6.92 Å². The lowest BCUT2D eigenvalue weighted by atomic mass is 10.4. The van der Waals surface area contributed by atoms with E-state index >= 15 is 0 Å². The maximum atomic E-state index is 10.4. The van der Waals surface area contributed by atoms with E-state index in [4.69, 9.17) is 0 Å². The molecule has 0 aliphatic rings. The smallest absolute Gasteiger partial charge is 0.333 e. The van der Waals surface area contributed by atoms with Crippen molar-refractivity contribution < 1.29 is 19.4 Å². The molecular weight excluding hydrogens is 136 g/mol. The van der Waals surface area contributed by atoms with Gasteiger partial charge < -0.3 is 14.6 Å². The molecule has 0 aromatic rings. The van der Waals surface area contributed by atoms with Crippen molar-refractivity contribution in [1.29, 1.82) is 0 Å². The van der Waals surface area contributed by atoms with Gasteiger partial charge in [-0.15, -0.1) is 0 Å². The summed E-state index contributed by atoms with van der Waals surface area (Å²) in [5.41, 5.74) is 0.168. The summed E-state index contributed by atoms with van der Waals surface area (Å²) in [4.78, 5) is 20.1. The lowest BCUT2D eigenvalue weighted by molar-refractivity contribution is -0.308. The number of carboxylic acids is 1. The Morgan fingerprint density at radius 2 is 2.10 bits per heavy atom. The first-order valence-corrected chi connectivity index (χ1v) is 2.56. The molecule has 4 heteroatoms. The van der Waals surface area contributed by atoms with Crippen LogP contribution in [0, 0.1) is 0 Å². The van der Waals surface area contributed by atoms with Gasteiger partial charge in [-0.1, -0.05) is 6.58 Å². The maximum Gasteiger partial charge on any atom is 0.333 e. The Balaban J connectivity index is 3.60. The molecule has 0 N–H and O–H groups in total. The molecule has 0 heterocycles. The Kier molecular flexibility index (Phi) is 3.17. The van der Waals surface area contributed by atoms with E-state index in [1.165, 1.54) is 6.92 Å². The summed E-state index contributed by atoms with van der Waals surface area (Å²) < 4.78 is 4.16. The fourth-order valence-electron chi connectivity index (χ4n) is 0.248. The third kappa shape index (κ3) is 3.65. The number of aliphatic carboxylic acids is 1. The second-order valence-electron chi connectivity index (χ2n) is 1.73. The first-order valence-electron chi connectivity index (χ1n) is 2.56. The monoisotopic (exact) mass is 143 g/mol. The van der Waals surface area contributed by atoms with E-state index in [0.29, 0.717) is 0 Å². The zero-order valence-electron chi connectivity index (χ0n) is 5.55. The largest absolute Gasteiger partial charge is 0.546 e. The minimum atomic E-state index is -1.42. The molecule has 0 spiro atoms. The van der Waals surface area contributed by atoms with Crippen molar-refractivity contribution in [3.63, 3.8) is 0 Å². The zero-order valence-corrected chi connectivity index (χ0v) is 5.55. The summed E-state index contributed by atoms with van der Waals surface area (Å²) in [6.07, 6.45) is 0. The Morgan fingerprint density at radius 1 is 1.60 bits per heavy atom. The van der Waals surface area contributed by atoms with Crippen molar-refractivity contribution in [2.45, 2.75) is 6.92 Å². The summed E-state index contributed by atoms with van der Waals surface area (Å²) in [5, 5.41) is 9.71. The Labute approximate surface area is 58.1 Å². The van der Waals surface area contributed by atoms with Crippen LogP contribution in [0.5, 0.6) is 0 Å². The van der Waals surface area contributed by atoms with Gasteiger partial charge in [0.25, 0.3) is 0 Å². The van der Waals surface area contributed by atoms with E-state index in [2.05, 4.69) is 11.3 Å². The number of carbonyl (C=O) groups is 2. The molecule has 0 saturated heterocycles. The van der Waals surface area contributed by atoms with E-state index < -0.39 is 18.5 Å². The second-order valence-corrected chi connectivity index (χ2v) is 1.73. The van der Waals surface area contributed by atoms with Crippen LogP contribution in [0.2, 0.25) is 0 Å². The van der Waals surface area contributed by atoms with E-state index in [1.807, 2.05) is 0 Å². The number of carboxylic acid groups (broad SMARTS) is 1. The highest BCUT2D eigenvalue weighted by atomic mass is 16.5. The summed E-state index contributed by atoms with van der Waals surface area (Å²) in [7, 11) is 0. The molecule has 0 amide bonds. The molecule has 0 aromatic carbocycles. The lowest BCUT2D eigenvalue weighted by Gasteiger charge is -2.03. The van der Waals surface area contributed by atoms with Crippen LogP contribution in [0.25, 0.3) is 0 Å².